The van der Waals surface area contributed by atoms with Crippen LogP contribution in [0.15, 0.2) is 11.5 Å². The number of ether oxygens (including phenoxy) is 1. The second-order valence-electron chi connectivity index (χ2n) is 2.76. The Bertz CT molecular complexity index is 275. The quantitative estimate of drug-likeness (QED) is 0.499. The first kappa shape index (κ1) is 10.5. The molecule has 1 unspecified atom stereocenters. The first-order chi connectivity index (χ1) is 6.69. The van der Waals surface area contributed by atoms with Crippen LogP contribution in [-0.2, 0) is 14.3 Å². The minimum Gasteiger partial charge on any atom is -0.458 e. The average molecular weight is 200 g/mol. The predicted octanol–water partition coefficient (Wildman–Crippen LogP) is -1.18. The number of carbonyl (C=O) groups excluding carboxylic acids is 2. The van der Waals surface area contributed by atoms with Crippen molar-refractivity contribution in [2.24, 2.45) is 0 Å². The van der Waals surface area contributed by atoms with Crippen molar-refractivity contribution >= 4 is 12.3 Å². The number of imide groups is 1. The van der Waals surface area contributed by atoms with Crippen molar-refractivity contribution in [2.75, 3.05) is 7.05 Å². The highest BCUT2D eigenvalue weighted by Gasteiger charge is 2.24. The Labute approximate surface area is 80.9 Å². The van der Waals surface area contributed by atoms with Gasteiger partial charge in [-0.15, -0.1) is 0 Å². The Hall–Kier alpha value is -1.56. The fourth-order valence-corrected chi connectivity index (χ4v) is 1.20. The van der Waals surface area contributed by atoms with Crippen molar-refractivity contribution in [3.05, 3.63) is 11.5 Å². The Morgan fingerprint density at radius 3 is 3.00 bits per heavy atom. The normalized spacial score (nSPS) is 21.1. The Kier molecular flexibility index (Phi) is 3.47. The van der Waals surface area contributed by atoms with Gasteiger partial charge in [-0.25, -0.2) is 0 Å². The number of aliphatic hydroxyl groups excluding tert-OH is 1. The molecule has 2 amide bonds. The first-order valence-corrected chi connectivity index (χ1v) is 4.19. The second kappa shape index (κ2) is 4.61. The van der Waals surface area contributed by atoms with Crippen molar-refractivity contribution in [1.82, 2.24) is 10.6 Å². The van der Waals surface area contributed by atoms with Gasteiger partial charge in [-0.2, -0.15) is 0 Å². The molecule has 0 aliphatic carbocycles. The van der Waals surface area contributed by atoms with E-state index >= 15 is 0 Å². The van der Waals surface area contributed by atoms with E-state index in [0.29, 0.717) is 18.5 Å². The van der Waals surface area contributed by atoms with Crippen LogP contribution < -0.4 is 10.6 Å². The molecular weight excluding hydrogens is 188 g/mol. The van der Waals surface area contributed by atoms with Gasteiger partial charge in [0.2, 0.25) is 12.2 Å². The largest absolute Gasteiger partial charge is 0.458 e. The lowest BCUT2D eigenvalue weighted by Gasteiger charge is -2.23. The molecule has 0 aromatic rings. The van der Waals surface area contributed by atoms with Crippen molar-refractivity contribution in [2.45, 2.75) is 19.1 Å². The Balaban J connectivity index is 2.82. The number of hydrogen-bond acceptors (Lipinski definition) is 5. The van der Waals surface area contributed by atoms with Crippen molar-refractivity contribution in [1.29, 1.82) is 0 Å². The molecule has 1 aliphatic rings. The summed E-state index contributed by atoms with van der Waals surface area (Å²) in [7, 11) is 1.64. The molecule has 0 bridgehead atoms. The van der Waals surface area contributed by atoms with Crippen molar-refractivity contribution < 1.29 is 19.4 Å². The van der Waals surface area contributed by atoms with E-state index in [-0.39, 0.29) is 12.2 Å². The number of nitrogens with one attached hydrogen (secondary N) is 2. The van der Waals surface area contributed by atoms with Gasteiger partial charge in [0.25, 0.3) is 5.91 Å². The standard InChI is InChI=1S/C8H12N2O4/c1-9-5-2-3-6(12)14-7(5)8(13)10-4-11/h4,6,9,12H,2-3H2,1H3,(H,10,11,13). The van der Waals surface area contributed by atoms with E-state index in [1.165, 1.54) is 0 Å². The second-order valence-corrected chi connectivity index (χ2v) is 2.76. The summed E-state index contributed by atoms with van der Waals surface area (Å²) in [6, 6.07) is 0. The minimum absolute atomic E-state index is 0.0293. The van der Waals surface area contributed by atoms with E-state index in [2.05, 4.69) is 5.32 Å². The SMILES string of the molecule is CNC1=C(C(=O)NC=O)OC(O)CC1. The number of aliphatic hydroxyl groups is 1. The summed E-state index contributed by atoms with van der Waals surface area (Å²) < 4.78 is 4.91. The van der Waals surface area contributed by atoms with Crippen LogP contribution in [0.1, 0.15) is 12.8 Å². The van der Waals surface area contributed by atoms with Crippen LogP contribution in [0, 0.1) is 0 Å². The fourth-order valence-electron chi connectivity index (χ4n) is 1.20. The molecule has 1 rings (SSSR count). The molecule has 1 heterocycles. The summed E-state index contributed by atoms with van der Waals surface area (Å²) in [5.74, 6) is -0.679. The lowest BCUT2D eigenvalue weighted by atomic mass is 10.1. The van der Waals surface area contributed by atoms with Gasteiger partial charge in [0.1, 0.15) is 0 Å². The highest BCUT2D eigenvalue weighted by molar-refractivity contribution is 5.98. The van der Waals surface area contributed by atoms with Crippen LogP contribution >= 0.6 is 0 Å². The molecule has 0 fully saturated rings. The van der Waals surface area contributed by atoms with Gasteiger partial charge in [-0.1, -0.05) is 0 Å². The van der Waals surface area contributed by atoms with Crippen LogP contribution in [0.25, 0.3) is 0 Å². The van der Waals surface area contributed by atoms with Gasteiger partial charge in [-0.3, -0.25) is 14.9 Å². The van der Waals surface area contributed by atoms with Crippen LogP contribution in [0.2, 0.25) is 0 Å². The fraction of sp³-hybridized carbons (Fsp3) is 0.500. The zero-order chi connectivity index (χ0) is 10.6. The van der Waals surface area contributed by atoms with Crippen molar-refractivity contribution in [3.63, 3.8) is 0 Å². The van der Waals surface area contributed by atoms with Gasteiger partial charge < -0.3 is 15.2 Å². The summed E-state index contributed by atoms with van der Waals surface area (Å²) >= 11 is 0. The molecule has 3 N–H and O–H groups in total. The molecule has 1 aliphatic heterocycles. The topological polar surface area (TPSA) is 87.7 Å². The van der Waals surface area contributed by atoms with Crippen LogP contribution in [-0.4, -0.2) is 30.8 Å². The lowest BCUT2D eigenvalue weighted by Crippen LogP contribution is -2.33. The molecule has 0 saturated carbocycles. The van der Waals surface area contributed by atoms with E-state index in [9.17, 15) is 9.59 Å². The highest BCUT2D eigenvalue weighted by atomic mass is 16.6. The van der Waals surface area contributed by atoms with Crippen LogP contribution in [0.3, 0.4) is 0 Å². The summed E-state index contributed by atoms with van der Waals surface area (Å²) in [6.07, 6.45) is 0.222. The zero-order valence-electron chi connectivity index (χ0n) is 7.74. The molecule has 14 heavy (non-hydrogen) atoms. The third-order valence-electron chi connectivity index (χ3n) is 1.87. The molecule has 1 atom stereocenters. The van der Waals surface area contributed by atoms with Gasteiger partial charge in [-0.05, 0) is 6.42 Å². The zero-order valence-corrected chi connectivity index (χ0v) is 7.74. The third-order valence-corrected chi connectivity index (χ3v) is 1.87. The van der Waals surface area contributed by atoms with E-state index in [0.717, 1.165) is 0 Å². The van der Waals surface area contributed by atoms with Crippen LogP contribution in [0.5, 0.6) is 0 Å². The molecule has 0 aromatic heterocycles. The molecular formula is C8H12N2O4. The number of hydrogen-bond donors (Lipinski definition) is 3. The highest BCUT2D eigenvalue weighted by Crippen LogP contribution is 2.20. The van der Waals surface area contributed by atoms with Gasteiger partial charge in [0.05, 0.1) is 5.70 Å². The predicted molar refractivity (Wildman–Crippen MR) is 46.6 cm³/mol. The van der Waals surface area contributed by atoms with Gasteiger partial charge in [0.15, 0.2) is 6.29 Å². The van der Waals surface area contributed by atoms with E-state index in [4.69, 9.17) is 9.84 Å². The molecule has 78 valence electrons. The number of rotatable bonds is 3. The van der Waals surface area contributed by atoms with E-state index in [1.54, 1.807) is 7.05 Å². The molecule has 0 radical (unpaired) electrons. The number of carbonyl (C=O) groups is 2. The maximum atomic E-state index is 11.2. The molecule has 6 nitrogen and oxygen atoms in total. The van der Waals surface area contributed by atoms with Crippen molar-refractivity contribution in [3.8, 4) is 0 Å². The molecule has 0 aromatic carbocycles. The Morgan fingerprint density at radius 1 is 1.71 bits per heavy atom. The van der Waals surface area contributed by atoms with Crippen LogP contribution in [0.4, 0.5) is 0 Å². The monoisotopic (exact) mass is 200 g/mol. The maximum Gasteiger partial charge on any atom is 0.294 e. The Morgan fingerprint density at radius 2 is 2.43 bits per heavy atom. The summed E-state index contributed by atoms with van der Waals surface area (Å²) in [4.78, 5) is 21.3. The molecule has 0 spiro atoms. The van der Waals surface area contributed by atoms with Gasteiger partial charge in [0, 0.05) is 13.5 Å². The summed E-state index contributed by atoms with van der Waals surface area (Å²) in [5.41, 5.74) is 0.578. The molecule has 0 saturated heterocycles. The lowest BCUT2D eigenvalue weighted by molar-refractivity contribution is -0.134. The van der Waals surface area contributed by atoms with Gasteiger partial charge >= 0.3 is 0 Å². The number of allylic oxidation sites excluding steroid dienone is 1. The third kappa shape index (κ3) is 2.23. The minimum atomic E-state index is -0.987. The first-order valence-electron chi connectivity index (χ1n) is 4.19. The summed E-state index contributed by atoms with van der Waals surface area (Å²) in [6.45, 7) is 0. The van der Waals surface area contributed by atoms with E-state index in [1.807, 2.05) is 5.32 Å². The average Bonchev–Trinajstić information content (AvgIpc) is 2.18. The summed E-state index contributed by atoms with van der Waals surface area (Å²) in [5, 5.41) is 13.9. The molecule has 6 heteroatoms. The van der Waals surface area contributed by atoms with E-state index < -0.39 is 12.2 Å². The maximum absolute atomic E-state index is 11.2. The number of amides is 2. The smallest absolute Gasteiger partial charge is 0.294 e.